The molecule has 1 N–H and O–H groups in total. The van der Waals surface area contributed by atoms with Crippen LogP contribution < -0.4 is 10.9 Å². The zero-order chi connectivity index (χ0) is 22.7. The molecule has 1 heterocycles. The standard InChI is InChI=1S/C27H25BrN2O2/c1-3-23(19-11-5-4-6-12-19)29-26(31)25-21-14-7-8-15-22(21)27(32)30(24(25)17-28)20-13-9-10-18(2)16-20/h4-16,23H,3,17H2,1-2H3,(H,29,31)/t23-/m0/s1. The molecule has 0 spiro atoms. The fourth-order valence-corrected chi connectivity index (χ4v) is 4.69. The summed E-state index contributed by atoms with van der Waals surface area (Å²) in [6.07, 6.45) is 0.759. The topological polar surface area (TPSA) is 51.1 Å². The van der Waals surface area contributed by atoms with Crippen LogP contribution in [0.2, 0.25) is 0 Å². The number of nitrogens with one attached hydrogen (secondary N) is 1. The van der Waals surface area contributed by atoms with Gasteiger partial charge in [0, 0.05) is 21.8 Å². The number of hydrogen-bond donors (Lipinski definition) is 1. The van der Waals surface area contributed by atoms with Crippen molar-refractivity contribution in [2.75, 3.05) is 0 Å². The Hall–Kier alpha value is -3.18. The molecule has 0 aliphatic carbocycles. The molecule has 4 nitrogen and oxygen atoms in total. The third-order valence-electron chi connectivity index (χ3n) is 5.72. The average Bonchev–Trinajstić information content (AvgIpc) is 2.82. The first-order valence-electron chi connectivity index (χ1n) is 10.7. The van der Waals surface area contributed by atoms with Gasteiger partial charge < -0.3 is 5.32 Å². The van der Waals surface area contributed by atoms with Gasteiger partial charge in [-0.1, -0.05) is 83.5 Å². The van der Waals surface area contributed by atoms with Crippen molar-refractivity contribution in [2.45, 2.75) is 31.6 Å². The first-order valence-corrected chi connectivity index (χ1v) is 11.8. The number of carbonyl (C=O) groups excluding carboxylic acids is 1. The molecule has 1 aromatic heterocycles. The smallest absolute Gasteiger partial charge is 0.263 e. The van der Waals surface area contributed by atoms with Crippen LogP contribution >= 0.6 is 15.9 Å². The molecule has 0 fully saturated rings. The Bertz CT molecular complexity index is 1330. The van der Waals surface area contributed by atoms with E-state index in [1.165, 1.54) is 0 Å². The minimum atomic E-state index is -0.187. The number of rotatable bonds is 6. The van der Waals surface area contributed by atoms with Gasteiger partial charge in [0.15, 0.2) is 0 Å². The van der Waals surface area contributed by atoms with Gasteiger partial charge in [-0.2, -0.15) is 0 Å². The maximum absolute atomic E-state index is 13.7. The van der Waals surface area contributed by atoms with Crippen molar-refractivity contribution in [2.24, 2.45) is 0 Å². The van der Waals surface area contributed by atoms with Gasteiger partial charge in [0.25, 0.3) is 11.5 Å². The van der Waals surface area contributed by atoms with Gasteiger partial charge in [-0.25, -0.2) is 0 Å². The molecule has 0 radical (unpaired) electrons. The maximum atomic E-state index is 13.7. The molecule has 162 valence electrons. The number of aryl methyl sites for hydroxylation is 1. The zero-order valence-electron chi connectivity index (χ0n) is 18.1. The summed E-state index contributed by atoms with van der Waals surface area (Å²) >= 11 is 3.55. The normalized spacial score (nSPS) is 12.0. The van der Waals surface area contributed by atoms with Gasteiger partial charge in [0.2, 0.25) is 0 Å². The summed E-state index contributed by atoms with van der Waals surface area (Å²) in [5, 5.41) is 4.76. The molecule has 0 unspecified atom stereocenters. The van der Waals surface area contributed by atoms with Crippen molar-refractivity contribution in [3.8, 4) is 5.69 Å². The molecule has 0 saturated carbocycles. The molecule has 32 heavy (non-hydrogen) atoms. The molecule has 0 aliphatic rings. The largest absolute Gasteiger partial charge is 0.345 e. The van der Waals surface area contributed by atoms with Gasteiger partial charge >= 0.3 is 0 Å². The lowest BCUT2D eigenvalue weighted by Gasteiger charge is -2.22. The Morgan fingerprint density at radius 1 is 0.969 bits per heavy atom. The summed E-state index contributed by atoms with van der Waals surface area (Å²) in [7, 11) is 0. The van der Waals surface area contributed by atoms with Crippen molar-refractivity contribution < 1.29 is 4.79 Å². The number of nitrogens with zero attached hydrogens (tertiary/aromatic N) is 1. The fraction of sp³-hybridized carbons (Fsp3) is 0.185. The number of halogens is 1. The lowest BCUT2D eigenvalue weighted by Crippen LogP contribution is -2.32. The summed E-state index contributed by atoms with van der Waals surface area (Å²) < 4.78 is 1.66. The van der Waals surface area contributed by atoms with Gasteiger partial charge in [-0.3, -0.25) is 14.2 Å². The van der Waals surface area contributed by atoms with E-state index in [2.05, 4.69) is 28.2 Å². The molecule has 1 amide bonds. The van der Waals surface area contributed by atoms with E-state index in [1.54, 1.807) is 10.6 Å². The summed E-state index contributed by atoms with van der Waals surface area (Å²) in [5.41, 5.74) is 3.88. The number of amides is 1. The molecule has 0 bridgehead atoms. The first-order chi connectivity index (χ1) is 15.5. The molecule has 0 saturated heterocycles. The van der Waals surface area contributed by atoms with E-state index in [1.807, 2.05) is 79.7 Å². The molecule has 4 aromatic rings. The Morgan fingerprint density at radius 2 is 1.66 bits per heavy atom. The SMILES string of the molecule is CC[C@H](NC(=O)c1c(CBr)n(-c2cccc(C)c2)c(=O)c2ccccc12)c1ccccc1. The Morgan fingerprint density at radius 3 is 2.31 bits per heavy atom. The molecular weight excluding hydrogens is 464 g/mol. The average molecular weight is 489 g/mol. The third kappa shape index (κ3) is 4.13. The third-order valence-corrected chi connectivity index (χ3v) is 6.25. The predicted octanol–water partition coefficient (Wildman–Crippen LogP) is 6.08. The summed E-state index contributed by atoms with van der Waals surface area (Å²) in [5.74, 6) is -0.187. The van der Waals surface area contributed by atoms with Crippen molar-refractivity contribution in [3.63, 3.8) is 0 Å². The van der Waals surface area contributed by atoms with Crippen LogP contribution in [0.4, 0.5) is 0 Å². The van der Waals surface area contributed by atoms with Gasteiger partial charge in [-0.15, -0.1) is 0 Å². The van der Waals surface area contributed by atoms with E-state index in [0.29, 0.717) is 27.4 Å². The van der Waals surface area contributed by atoms with E-state index in [-0.39, 0.29) is 17.5 Å². The molecule has 4 rings (SSSR count). The van der Waals surface area contributed by atoms with E-state index in [0.717, 1.165) is 23.2 Å². The van der Waals surface area contributed by atoms with E-state index < -0.39 is 0 Å². The van der Waals surface area contributed by atoms with Crippen LogP contribution in [-0.2, 0) is 5.33 Å². The molecule has 5 heteroatoms. The highest BCUT2D eigenvalue weighted by Gasteiger charge is 2.24. The van der Waals surface area contributed by atoms with Crippen molar-refractivity contribution >= 4 is 32.6 Å². The molecule has 3 aromatic carbocycles. The zero-order valence-corrected chi connectivity index (χ0v) is 19.7. The summed E-state index contributed by atoms with van der Waals surface area (Å²) in [4.78, 5) is 27.2. The molecule has 1 atom stereocenters. The van der Waals surface area contributed by atoms with Gasteiger partial charge in [0.05, 0.1) is 17.3 Å². The number of fused-ring (bicyclic) bond motifs is 1. The highest BCUT2D eigenvalue weighted by Crippen LogP contribution is 2.26. The second-order valence-corrected chi connectivity index (χ2v) is 8.39. The lowest BCUT2D eigenvalue weighted by atomic mass is 10.0. The molecular formula is C27H25BrN2O2. The van der Waals surface area contributed by atoms with E-state index in [9.17, 15) is 9.59 Å². The van der Waals surface area contributed by atoms with Crippen LogP contribution in [-0.4, -0.2) is 10.5 Å². The van der Waals surface area contributed by atoms with Crippen LogP contribution in [0, 0.1) is 6.92 Å². The Balaban J connectivity index is 1.93. The monoisotopic (exact) mass is 488 g/mol. The number of hydrogen-bond acceptors (Lipinski definition) is 2. The van der Waals surface area contributed by atoms with Crippen molar-refractivity contribution in [1.29, 1.82) is 0 Å². The predicted molar refractivity (Wildman–Crippen MR) is 134 cm³/mol. The number of benzene rings is 3. The number of aromatic nitrogens is 1. The highest BCUT2D eigenvalue weighted by molar-refractivity contribution is 9.08. The van der Waals surface area contributed by atoms with E-state index >= 15 is 0 Å². The second kappa shape index (κ2) is 9.53. The van der Waals surface area contributed by atoms with Crippen LogP contribution in [0.1, 0.15) is 46.6 Å². The molecule has 0 aliphatic heterocycles. The van der Waals surface area contributed by atoms with Crippen LogP contribution in [0.5, 0.6) is 0 Å². The number of alkyl halides is 1. The number of pyridine rings is 1. The van der Waals surface area contributed by atoms with Gasteiger partial charge in [0.1, 0.15) is 0 Å². The van der Waals surface area contributed by atoms with Gasteiger partial charge in [-0.05, 0) is 42.7 Å². The fourth-order valence-electron chi connectivity index (χ4n) is 4.15. The second-order valence-electron chi connectivity index (χ2n) is 7.83. The Kier molecular flexibility index (Phi) is 6.56. The van der Waals surface area contributed by atoms with Crippen LogP contribution in [0.25, 0.3) is 16.5 Å². The minimum Gasteiger partial charge on any atom is -0.345 e. The number of carbonyl (C=O) groups is 1. The van der Waals surface area contributed by atoms with Crippen LogP contribution in [0.15, 0.2) is 83.7 Å². The lowest BCUT2D eigenvalue weighted by molar-refractivity contribution is 0.0936. The summed E-state index contributed by atoms with van der Waals surface area (Å²) in [6.45, 7) is 4.04. The Labute approximate surface area is 196 Å². The maximum Gasteiger partial charge on any atom is 0.263 e. The first kappa shape index (κ1) is 22.0. The summed E-state index contributed by atoms with van der Waals surface area (Å²) in [6, 6.07) is 24.9. The van der Waals surface area contributed by atoms with Crippen molar-refractivity contribution in [3.05, 3.63) is 112 Å². The van der Waals surface area contributed by atoms with Crippen molar-refractivity contribution in [1.82, 2.24) is 9.88 Å². The van der Waals surface area contributed by atoms with Crippen LogP contribution in [0.3, 0.4) is 0 Å². The quantitative estimate of drug-likeness (QED) is 0.334. The van der Waals surface area contributed by atoms with E-state index in [4.69, 9.17) is 0 Å². The highest BCUT2D eigenvalue weighted by atomic mass is 79.9. The minimum absolute atomic E-state index is 0.120.